The highest BCUT2D eigenvalue weighted by Crippen LogP contribution is 2.25. The van der Waals surface area contributed by atoms with Crippen LogP contribution in [0.2, 0.25) is 0 Å². The Balaban J connectivity index is 1.97. The molecule has 0 N–H and O–H groups in total. The minimum Gasteiger partial charge on any atom is -0.383 e. The van der Waals surface area contributed by atoms with Crippen molar-refractivity contribution in [2.75, 3.05) is 19.5 Å². The molecule has 2 aromatic heterocycles. The smallest absolute Gasteiger partial charge is 0.262 e. The minimum absolute atomic E-state index is 0.0511. The molecule has 0 spiro atoms. The highest BCUT2D eigenvalue weighted by molar-refractivity contribution is 7.99. The third-order valence-corrected chi connectivity index (χ3v) is 6.22. The minimum atomic E-state index is -0.178. The number of ketones is 1. The van der Waals surface area contributed by atoms with Crippen LogP contribution in [0.25, 0.3) is 10.9 Å². The number of fused-ring (bicyclic) bond motifs is 1. The molecule has 1 atom stereocenters. The Hall–Kier alpha value is -1.96. The molecule has 0 amide bonds. The first-order chi connectivity index (χ1) is 12.9. The van der Waals surface area contributed by atoms with Gasteiger partial charge in [-0.15, -0.1) is 11.3 Å². The van der Waals surface area contributed by atoms with Gasteiger partial charge in [0.15, 0.2) is 10.9 Å². The number of hydrogen-bond acceptors (Lipinski definition) is 6. The van der Waals surface area contributed by atoms with Crippen molar-refractivity contribution in [3.63, 3.8) is 0 Å². The number of para-hydroxylation sites is 1. The van der Waals surface area contributed by atoms with E-state index in [9.17, 15) is 9.59 Å². The Morgan fingerprint density at radius 1 is 1.33 bits per heavy atom. The van der Waals surface area contributed by atoms with E-state index in [2.05, 4.69) is 4.98 Å². The zero-order chi connectivity index (χ0) is 19.6. The van der Waals surface area contributed by atoms with E-state index in [1.807, 2.05) is 45.0 Å². The molecule has 0 bridgehead atoms. The quantitative estimate of drug-likeness (QED) is 0.336. The summed E-state index contributed by atoms with van der Waals surface area (Å²) >= 11 is 2.92. The van der Waals surface area contributed by atoms with E-state index in [4.69, 9.17) is 4.74 Å². The largest absolute Gasteiger partial charge is 0.383 e. The van der Waals surface area contributed by atoms with E-state index in [0.717, 1.165) is 15.3 Å². The van der Waals surface area contributed by atoms with Crippen LogP contribution in [0.15, 0.2) is 40.3 Å². The van der Waals surface area contributed by atoms with Gasteiger partial charge >= 0.3 is 0 Å². The summed E-state index contributed by atoms with van der Waals surface area (Å²) in [5.41, 5.74) is 1.29. The second-order valence-electron chi connectivity index (χ2n) is 6.43. The van der Waals surface area contributed by atoms with Crippen molar-refractivity contribution in [2.24, 2.45) is 0 Å². The number of aryl methyl sites for hydroxylation is 2. The zero-order valence-electron chi connectivity index (χ0n) is 15.8. The van der Waals surface area contributed by atoms with Gasteiger partial charge in [-0.05, 0) is 39.0 Å². The van der Waals surface area contributed by atoms with Crippen LogP contribution in [0.5, 0.6) is 0 Å². The SMILES string of the molecule is COC[C@H](C)n1c(SCC(=O)c2cc(C)sc2C)nc2ccccc2c1=O. The predicted octanol–water partition coefficient (Wildman–Crippen LogP) is 4.26. The second kappa shape index (κ2) is 8.37. The molecule has 0 fully saturated rings. The van der Waals surface area contributed by atoms with Gasteiger partial charge in [0, 0.05) is 22.4 Å². The molecular formula is C20H22N2O3S2. The molecule has 0 unspecified atom stereocenters. The van der Waals surface area contributed by atoms with Gasteiger partial charge in [-0.2, -0.15) is 0 Å². The molecule has 1 aromatic carbocycles. The van der Waals surface area contributed by atoms with Crippen molar-refractivity contribution >= 4 is 39.8 Å². The maximum absolute atomic E-state index is 13.0. The topological polar surface area (TPSA) is 61.2 Å². The Kier molecular flexibility index (Phi) is 6.14. The maximum atomic E-state index is 13.0. The van der Waals surface area contributed by atoms with E-state index in [1.165, 1.54) is 11.8 Å². The number of nitrogens with zero attached hydrogens (tertiary/aromatic N) is 2. The van der Waals surface area contributed by atoms with Gasteiger partial charge in [0.05, 0.1) is 29.3 Å². The number of ether oxygens (including phenoxy) is 1. The van der Waals surface area contributed by atoms with Gasteiger partial charge in [0.1, 0.15) is 0 Å². The highest BCUT2D eigenvalue weighted by Gasteiger charge is 2.19. The number of hydrogen-bond donors (Lipinski definition) is 0. The number of thioether (sulfide) groups is 1. The van der Waals surface area contributed by atoms with E-state index < -0.39 is 0 Å². The summed E-state index contributed by atoms with van der Waals surface area (Å²) in [6.45, 7) is 6.26. The van der Waals surface area contributed by atoms with Crippen molar-refractivity contribution in [1.82, 2.24) is 9.55 Å². The summed E-state index contributed by atoms with van der Waals surface area (Å²) in [6, 6.07) is 9.03. The van der Waals surface area contributed by atoms with Crippen molar-refractivity contribution in [2.45, 2.75) is 32.0 Å². The number of benzene rings is 1. The van der Waals surface area contributed by atoms with E-state index >= 15 is 0 Å². The fraction of sp³-hybridized carbons (Fsp3) is 0.350. The summed E-state index contributed by atoms with van der Waals surface area (Å²) in [7, 11) is 1.61. The highest BCUT2D eigenvalue weighted by atomic mass is 32.2. The molecule has 2 heterocycles. The summed E-state index contributed by atoms with van der Waals surface area (Å²) in [5.74, 6) is 0.289. The summed E-state index contributed by atoms with van der Waals surface area (Å²) < 4.78 is 6.87. The van der Waals surface area contributed by atoms with Crippen molar-refractivity contribution in [1.29, 1.82) is 0 Å². The number of thiophene rings is 1. The van der Waals surface area contributed by atoms with Crippen LogP contribution < -0.4 is 5.56 Å². The number of methoxy groups -OCH3 is 1. The predicted molar refractivity (Wildman–Crippen MR) is 111 cm³/mol. The Labute approximate surface area is 166 Å². The van der Waals surface area contributed by atoms with E-state index in [-0.39, 0.29) is 23.1 Å². The normalized spacial score (nSPS) is 12.4. The van der Waals surface area contributed by atoms with Crippen LogP contribution in [0.4, 0.5) is 0 Å². The number of carbonyl (C=O) groups excluding carboxylic acids is 1. The van der Waals surface area contributed by atoms with Crippen LogP contribution in [-0.2, 0) is 4.74 Å². The lowest BCUT2D eigenvalue weighted by atomic mass is 10.2. The first-order valence-electron chi connectivity index (χ1n) is 8.65. The molecule has 0 radical (unpaired) electrons. The Morgan fingerprint density at radius 3 is 2.74 bits per heavy atom. The van der Waals surface area contributed by atoms with Gasteiger partial charge < -0.3 is 4.74 Å². The molecule has 3 rings (SSSR count). The van der Waals surface area contributed by atoms with Gasteiger partial charge in [0.25, 0.3) is 5.56 Å². The molecule has 142 valence electrons. The molecular weight excluding hydrogens is 380 g/mol. The van der Waals surface area contributed by atoms with Gasteiger partial charge in [-0.3, -0.25) is 14.2 Å². The van der Waals surface area contributed by atoms with Gasteiger partial charge in [-0.25, -0.2) is 4.98 Å². The van der Waals surface area contributed by atoms with Crippen LogP contribution in [-0.4, -0.2) is 34.8 Å². The third kappa shape index (κ3) is 4.15. The maximum Gasteiger partial charge on any atom is 0.262 e. The Bertz CT molecular complexity index is 1040. The van der Waals surface area contributed by atoms with E-state index in [1.54, 1.807) is 29.1 Å². The van der Waals surface area contributed by atoms with Crippen LogP contribution >= 0.6 is 23.1 Å². The molecule has 0 saturated carbocycles. The first kappa shape index (κ1) is 19.8. The average molecular weight is 403 g/mol. The number of carbonyl (C=O) groups is 1. The molecule has 5 nitrogen and oxygen atoms in total. The van der Waals surface area contributed by atoms with Crippen molar-refractivity contribution in [3.8, 4) is 0 Å². The van der Waals surface area contributed by atoms with Crippen LogP contribution in [0.1, 0.15) is 33.1 Å². The van der Waals surface area contributed by atoms with Gasteiger partial charge in [0.2, 0.25) is 0 Å². The lowest BCUT2D eigenvalue weighted by molar-refractivity contribution is 0.102. The van der Waals surface area contributed by atoms with Crippen LogP contribution in [0, 0.1) is 13.8 Å². The lowest BCUT2D eigenvalue weighted by Gasteiger charge is -2.18. The molecule has 0 aliphatic rings. The molecule has 0 aliphatic carbocycles. The van der Waals surface area contributed by atoms with Crippen molar-refractivity contribution < 1.29 is 9.53 Å². The Morgan fingerprint density at radius 2 is 2.07 bits per heavy atom. The lowest BCUT2D eigenvalue weighted by Crippen LogP contribution is -2.28. The fourth-order valence-electron chi connectivity index (χ4n) is 3.05. The summed E-state index contributed by atoms with van der Waals surface area (Å²) in [6.07, 6.45) is 0. The fourth-order valence-corrected chi connectivity index (χ4v) is 4.97. The molecule has 3 aromatic rings. The molecule has 7 heteroatoms. The third-order valence-electron chi connectivity index (χ3n) is 4.30. The number of Topliss-reactive ketones (excluding diaryl/α,β-unsaturated/α-hetero) is 1. The molecule has 0 aliphatic heterocycles. The number of aromatic nitrogens is 2. The standard InChI is InChI=1S/C20H22N2O3S2/c1-12(10-25-4)22-19(24)15-7-5-6-8-17(15)21-20(22)26-11-18(23)16-9-13(2)27-14(16)3/h5-9,12H,10-11H2,1-4H3/t12-/m0/s1. The molecule has 27 heavy (non-hydrogen) atoms. The van der Waals surface area contributed by atoms with Crippen molar-refractivity contribution in [3.05, 3.63) is 56.0 Å². The van der Waals surface area contributed by atoms with E-state index in [0.29, 0.717) is 22.7 Å². The zero-order valence-corrected chi connectivity index (χ0v) is 17.4. The van der Waals surface area contributed by atoms with Gasteiger partial charge in [-0.1, -0.05) is 23.9 Å². The molecule has 0 saturated heterocycles. The van der Waals surface area contributed by atoms with Crippen LogP contribution in [0.3, 0.4) is 0 Å². The first-order valence-corrected chi connectivity index (χ1v) is 10.5. The number of rotatable bonds is 7. The summed E-state index contributed by atoms with van der Waals surface area (Å²) in [5, 5.41) is 1.11. The monoisotopic (exact) mass is 402 g/mol. The average Bonchev–Trinajstić information content (AvgIpc) is 2.98. The second-order valence-corrected chi connectivity index (χ2v) is 8.83. The summed E-state index contributed by atoms with van der Waals surface area (Å²) in [4.78, 5) is 32.5.